The Kier molecular flexibility index (Phi) is 3.17. The fraction of sp³-hybridized carbons (Fsp3) is 1.00. The summed E-state index contributed by atoms with van der Waals surface area (Å²) in [6, 6.07) is 0. The van der Waals surface area contributed by atoms with Crippen molar-refractivity contribution in [3.63, 3.8) is 0 Å². The van der Waals surface area contributed by atoms with Crippen molar-refractivity contribution in [2.45, 2.75) is 43.3 Å². The zero-order valence-electron chi connectivity index (χ0n) is 9.45. The van der Waals surface area contributed by atoms with Gasteiger partial charge in [-0.2, -0.15) is 26.0 Å². The van der Waals surface area contributed by atoms with Crippen molar-refractivity contribution in [3.05, 3.63) is 0 Å². The second-order valence-corrected chi connectivity index (χ2v) is 6.63. The topological polar surface area (TPSA) is 54.4 Å². The molecule has 3 nitrogen and oxygen atoms in total. The molecule has 2 unspecified atom stereocenters. The zero-order valence-corrected chi connectivity index (χ0v) is 10.3. The van der Waals surface area contributed by atoms with Crippen LogP contribution in [0.15, 0.2) is 0 Å². The molecule has 2 aliphatic rings. The van der Waals surface area contributed by atoms with Crippen molar-refractivity contribution in [1.29, 1.82) is 0 Å². The van der Waals surface area contributed by atoms with E-state index in [0.717, 1.165) is 0 Å². The molecule has 0 spiro atoms. The van der Waals surface area contributed by atoms with E-state index in [2.05, 4.69) is 0 Å². The average molecular weight is 290 g/mol. The second kappa shape index (κ2) is 4.06. The average Bonchev–Trinajstić information content (AvgIpc) is 2.48. The molecule has 2 fully saturated rings. The Morgan fingerprint density at radius 3 is 1.78 bits per heavy atom. The highest BCUT2D eigenvalue weighted by Crippen LogP contribution is 2.57. The van der Waals surface area contributed by atoms with Crippen LogP contribution < -0.4 is 0 Å². The normalized spacial score (nSPS) is 33.7. The van der Waals surface area contributed by atoms with Crippen LogP contribution >= 0.6 is 0 Å². The van der Waals surface area contributed by atoms with E-state index in [4.69, 9.17) is 4.55 Å². The molecule has 0 aliphatic heterocycles. The molecule has 2 saturated carbocycles. The van der Waals surface area contributed by atoms with Crippen LogP contribution in [0.3, 0.4) is 0 Å². The van der Waals surface area contributed by atoms with Crippen LogP contribution in [0.25, 0.3) is 0 Å². The predicted molar refractivity (Wildman–Crippen MR) is 55.0 cm³/mol. The third kappa shape index (κ3) is 1.84. The Balaban J connectivity index is 2.37. The first-order chi connectivity index (χ1) is 8.09. The summed E-state index contributed by atoms with van der Waals surface area (Å²) in [4.78, 5) is 0. The molecule has 0 aromatic heterocycles. The Morgan fingerprint density at radius 1 is 0.944 bits per heavy atom. The summed E-state index contributed by atoms with van der Waals surface area (Å²) in [6.45, 7) is 0. The molecule has 0 saturated heterocycles. The van der Waals surface area contributed by atoms with Crippen molar-refractivity contribution in [3.8, 4) is 0 Å². The standard InChI is InChI=1S/C10H14F4O3S/c11-9(12,10(13,14)18(15,16)17)8-6-2-1-3-7(8)5-4-6/h6-8H,1-5H2,(H,15,16,17). The third-order valence-corrected chi connectivity index (χ3v) is 5.12. The van der Waals surface area contributed by atoms with Gasteiger partial charge in [0.25, 0.3) is 0 Å². The van der Waals surface area contributed by atoms with Gasteiger partial charge in [0.05, 0.1) is 0 Å². The van der Waals surface area contributed by atoms with Crippen molar-refractivity contribution in [2.75, 3.05) is 0 Å². The van der Waals surface area contributed by atoms with Crippen molar-refractivity contribution < 1.29 is 30.5 Å². The molecular weight excluding hydrogens is 276 g/mol. The maximum atomic E-state index is 13.8. The molecule has 0 amide bonds. The van der Waals surface area contributed by atoms with Gasteiger partial charge in [-0.05, 0) is 37.5 Å². The van der Waals surface area contributed by atoms with E-state index in [-0.39, 0.29) is 0 Å². The van der Waals surface area contributed by atoms with E-state index >= 15 is 0 Å². The maximum absolute atomic E-state index is 13.8. The van der Waals surface area contributed by atoms with E-state index in [0.29, 0.717) is 32.1 Å². The van der Waals surface area contributed by atoms with Crippen molar-refractivity contribution >= 4 is 10.1 Å². The van der Waals surface area contributed by atoms with Crippen LogP contribution in [0.1, 0.15) is 32.1 Å². The molecule has 2 rings (SSSR count). The van der Waals surface area contributed by atoms with Gasteiger partial charge in [0, 0.05) is 5.92 Å². The van der Waals surface area contributed by atoms with E-state index in [9.17, 15) is 26.0 Å². The van der Waals surface area contributed by atoms with Gasteiger partial charge in [-0.1, -0.05) is 6.42 Å². The van der Waals surface area contributed by atoms with Gasteiger partial charge >= 0.3 is 21.3 Å². The third-order valence-electron chi connectivity index (χ3n) is 4.20. The highest BCUT2D eigenvalue weighted by atomic mass is 32.2. The SMILES string of the molecule is O=S(=O)(O)C(F)(F)C(F)(F)C1C2CCCC1CC2. The molecule has 8 heteroatoms. The summed E-state index contributed by atoms with van der Waals surface area (Å²) < 4.78 is 83.6. The summed E-state index contributed by atoms with van der Waals surface area (Å²) in [6.07, 6.45) is 2.38. The van der Waals surface area contributed by atoms with Crippen LogP contribution in [0.2, 0.25) is 0 Å². The number of hydrogen-bond donors (Lipinski definition) is 1. The monoisotopic (exact) mass is 290 g/mol. The van der Waals surface area contributed by atoms with Gasteiger partial charge < -0.3 is 0 Å². The highest BCUT2D eigenvalue weighted by molar-refractivity contribution is 7.87. The molecule has 106 valence electrons. The largest absolute Gasteiger partial charge is 0.431 e. The van der Waals surface area contributed by atoms with Gasteiger partial charge in [-0.25, -0.2) is 0 Å². The van der Waals surface area contributed by atoms with Crippen molar-refractivity contribution in [2.24, 2.45) is 17.8 Å². The number of alkyl halides is 4. The van der Waals surface area contributed by atoms with Gasteiger partial charge in [0.2, 0.25) is 0 Å². The molecule has 2 aliphatic carbocycles. The molecule has 1 N–H and O–H groups in total. The number of rotatable bonds is 3. The van der Waals surface area contributed by atoms with E-state index in [1.807, 2.05) is 0 Å². The summed E-state index contributed by atoms with van der Waals surface area (Å²) >= 11 is 0. The lowest BCUT2D eigenvalue weighted by Crippen LogP contribution is -2.54. The maximum Gasteiger partial charge on any atom is 0.431 e. The number of fused-ring (bicyclic) bond motifs is 2. The van der Waals surface area contributed by atoms with E-state index < -0.39 is 39.0 Å². The van der Waals surface area contributed by atoms with Gasteiger partial charge in [-0.3, -0.25) is 4.55 Å². The molecule has 2 atom stereocenters. The van der Waals surface area contributed by atoms with Crippen LogP contribution in [0.4, 0.5) is 17.6 Å². The first-order valence-corrected chi connectivity index (χ1v) is 7.25. The molecule has 18 heavy (non-hydrogen) atoms. The Bertz CT molecular complexity index is 418. The van der Waals surface area contributed by atoms with Gasteiger partial charge in [0.1, 0.15) is 0 Å². The Hall–Kier alpha value is -0.370. The lowest BCUT2D eigenvalue weighted by atomic mass is 9.75. The smallest absolute Gasteiger partial charge is 0.281 e. The van der Waals surface area contributed by atoms with Crippen LogP contribution in [-0.4, -0.2) is 24.1 Å². The predicted octanol–water partition coefficient (Wildman–Crippen LogP) is 2.93. The van der Waals surface area contributed by atoms with E-state index in [1.54, 1.807) is 0 Å². The minimum atomic E-state index is -6.11. The first kappa shape index (κ1) is 14.0. The minimum Gasteiger partial charge on any atom is -0.281 e. The summed E-state index contributed by atoms with van der Waals surface area (Å²) in [5.41, 5.74) is 0. The fourth-order valence-corrected chi connectivity index (χ4v) is 3.90. The molecule has 0 heterocycles. The molecule has 2 bridgehead atoms. The minimum absolute atomic E-state index is 0.415. The second-order valence-electron chi connectivity index (χ2n) is 5.17. The van der Waals surface area contributed by atoms with Crippen LogP contribution in [0, 0.1) is 17.8 Å². The highest BCUT2D eigenvalue weighted by Gasteiger charge is 2.72. The summed E-state index contributed by atoms with van der Waals surface area (Å²) in [7, 11) is -6.11. The molecular formula is C10H14F4O3S. The summed E-state index contributed by atoms with van der Waals surface area (Å²) in [5, 5.41) is -5.41. The fourth-order valence-electron chi connectivity index (χ4n) is 3.42. The van der Waals surface area contributed by atoms with E-state index in [1.165, 1.54) is 0 Å². The molecule has 0 radical (unpaired) electrons. The number of hydrogen-bond acceptors (Lipinski definition) is 2. The first-order valence-electron chi connectivity index (χ1n) is 5.81. The molecule has 0 aromatic rings. The number of halogens is 4. The quantitative estimate of drug-likeness (QED) is 0.642. The van der Waals surface area contributed by atoms with Crippen LogP contribution in [-0.2, 0) is 10.1 Å². The van der Waals surface area contributed by atoms with Gasteiger partial charge in [0.15, 0.2) is 0 Å². The molecule has 0 aromatic carbocycles. The lowest BCUT2D eigenvalue weighted by molar-refractivity contribution is -0.212. The van der Waals surface area contributed by atoms with Crippen molar-refractivity contribution in [1.82, 2.24) is 0 Å². The summed E-state index contributed by atoms with van der Waals surface area (Å²) in [5.74, 6) is -7.52. The lowest BCUT2D eigenvalue weighted by Gasteiger charge is -2.38. The van der Waals surface area contributed by atoms with Gasteiger partial charge in [-0.15, -0.1) is 0 Å². The Morgan fingerprint density at radius 2 is 1.39 bits per heavy atom. The van der Waals surface area contributed by atoms with Crippen LogP contribution in [0.5, 0.6) is 0 Å². The Labute approximate surface area is 102 Å². The zero-order chi connectivity index (χ0) is 13.8.